The highest BCUT2D eigenvalue weighted by atomic mass is 35.5. The molecule has 148 valence electrons. The summed E-state index contributed by atoms with van der Waals surface area (Å²) >= 11 is 12.3. The van der Waals surface area contributed by atoms with E-state index in [1.807, 2.05) is 12.1 Å². The topological polar surface area (TPSA) is 63.4 Å². The Morgan fingerprint density at radius 3 is 2.50 bits per heavy atom. The Labute approximate surface area is 181 Å². The van der Waals surface area contributed by atoms with Gasteiger partial charge in [0.15, 0.2) is 5.43 Å². The van der Waals surface area contributed by atoms with Gasteiger partial charge in [0.25, 0.3) is 5.91 Å². The van der Waals surface area contributed by atoms with Crippen LogP contribution in [0.3, 0.4) is 0 Å². The minimum Gasteiger partial charge on any atom is -0.450 e. The number of carbonyl (C=O) groups is 1. The Morgan fingerprint density at radius 2 is 1.73 bits per heavy atom. The maximum Gasteiger partial charge on any atom is 0.291 e. The van der Waals surface area contributed by atoms with Gasteiger partial charge in [-0.15, -0.1) is 0 Å². The van der Waals surface area contributed by atoms with Crippen molar-refractivity contribution in [1.82, 2.24) is 9.88 Å². The Bertz CT molecular complexity index is 1350. The van der Waals surface area contributed by atoms with Crippen molar-refractivity contribution in [3.63, 3.8) is 0 Å². The SMILES string of the molecule is O=C1c2oc3ccccc3c(=O)c2C(c2ccc(Cl)c(Cl)c2)N1Cc1ccncc1. The molecule has 1 atom stereocenters. The first-order valence-electron chi connectivity index (χ1n) is 9.25. The molecular formula is C23H14Cl2N2O3. The fraction of sp³-hybridized carbons (Fsp3) is 0.0870. The number of halogens is 2. The molecule has 0 saturated carbocycles. The van der Waals surface area contributed by atoms with Crippen LogP contribution in [0.15, 0.2) is 76.2 Å². The van der Waals surface area contributed by atoms with Crippen molar-refractivity contribution < 1.29 is 9.21 Å². The summed E-state index contributed by atoms with van der Waals surface area (Å²) in [6.07, 6.45) is 3.32. The molecule has 4 aromatic rings. The lowest BCUT2D eigenvalue weighted by Crippen LogP contribution is -2.29. The molecule has 0 radical (unpaired) electrons. The summed E-state index contributed by atoms with van der Waals surface area (Å²) in [4.78, 5) is 32.4. The molecule has 1 unspecified atom stereocenters. The fourth-order valence-electron chi connectivity index (χ4n) is 3.84. The minimum atomic E-state index is -0.642. The first-order chi connectivity index (χ1) is 14.5. The van der Waals surface area contributed by atoms with Gasteiger partial charge >= 0.3 is 0 Å². The first-order valence-corrected chi connectivity index (χ1v) is 10.0. The number of hydrogen-bond donors (Lipinski definition) is 0. The van der Waals surface area contributed by atoms with E-state index in [0.717, 1.165) is 5.56 Å². The highest BCUT2D eigenvalue weighted by Gasteiger charge is 2.42. The quantitative estimate of drug-likeness (QED) is 0.440. The number of benzene rings is 2. The maximum absolute atomic E-state index is 13.4. The molecule has 0 fully saturated rings. The number of amides is 1. The predicted molar refractivity (Wildman–Crippen MR) is 115 cm³/mol. The smallest absolute Gasteiger partial charge is 0.291 e. The number of carbonyl (C=O) groups excluding carboxylic acids is 1. The van der Waals surface area contributed by atoms with Crippen molar-refractivity contribution in [2.24, 2.45) is 0 Å². The number of nitrogens with zero attached hydrogens (tertiary/aromatic N) is 2. The van der Waals surface area contributed by atoms with Crippen LogP contribution in [0.2, 0.25) is 10.0 Å². The largest absolute Gasteiger partial charge is 0.450 e. The van der Waals surface area contributed by atoms with E-state index < -0.39 is 6.04 Å². The Kier molecular flexibility index (Phi) is 4.57. The fourth-order valence-corrected chi connectivity index (χ4v) is 4.15. The summed E-state index contributed by atoms with van der Waals surface area (Å²) in [7, 11) is 0. The second-order valence-electron chi connectivity index (χ2n) is 7.03. The average molecular weight is 437 g/mol. The summed E-state index contributed by atoms with van der Waals surface area (Å²) in [5.41, 5.74) is 2.04. The van der Waals surface area contributed by atoms with Crippen molar-refractivity contribution >= 4 is 40.1 Å². The third kappa shape index (κ3) is 2.98. The van der Waals surface area contributed by atoms with Gasteiger partial charge in [-0.05, 0) is 47.5 Å². The highest BCUT2D eigenvalue weighted by molar-refractivity contribution is 6.42. The van der Waals surface area contributed by atoms with Crippen molar-refractivity contribution in [2.45, 2.75) is 12.6 Å². The van der Waals surface area contributed by atoms with Gasteiger partial charge < -0.3 is 9.32 Å². The van der Waals surface area contributed by atoms with Gasteiger partial charge in [-0.2, -0.15) is 0 Å². The van der Waals surface area contributed by atoms with Crippen LogP contribution in [-0.4, -0.2) is 15.8 Å². The summed E-state index contributed by atoms with van der Waals surface area (Å²) in [6.45, 7) is 0.284. The lowest BCUT2D eigenvalue weighted by atomic mass is 9.98. The molecule has 2 aromatic heterocycles. The van der Waals surface area contributed by atoms with Crippen molar-refractivity contribution in [3.05, 3.63) is 110 Å². The molecular weight excluding hydrogens is 423 g/mol. The van der Waals surface area contributed by atoms with Crippen LogP contribution in [0, 0.1) is 0 Å². The third-order valence-electron chi connectivity index (χ3n) is 5.23. The van der Waals surface area contributed by atoms with Crippen LogP contribution in [0.5, 0.6) is 0 Å². The van der Waals surface area contributed by atoms with Gasteiger partial charge in [0.05, 0.1) is 27.0 Å². The first kappa shape index (κ1) is 18.9. The number of hydrogen-bond acceptors (Lipinski definition) is 4. The number of rotatable bonds is 3. The molecule has 7 heteroatoms. The molecule has 0 spiro atoms. The second-order valence-corrected chi connectivity index (χ2v) is 7.85. The van der Waals surface area contributed by atoms with E-state index in [4.69, 9.17) is 27.6 Å². The number of fused-ring (bicyclic) bond motifs is 2. The van der Waals surface area contributed by atoms with E-state index >= 15 is 0 Å². The van der Waals surface area contributed by atoms with Crippen LogP contribution < -0.4 is 5.43 Å². The molecule has 0 bridgehead atoms. The molecule has 2 aromatic carbocycles. The van der Waals surface area contributed by atoms with Crippen LogP contribution in [-0.2, 0) is 6.54 Å². The Balaban J connectivity index is 1.75. The molecule has 30 heavy (non-hydrogen) atoms. The summed E-state index contributed by atoms with van der Waals surface area (Å²) < 4.78 is 5.91. The average Bonchev–Trinajstić information content (AvgIpc) is 3.03. The zero-order chi connectivity index (χ0) is 20.8. The zero-order valence-electron chi connectivity index (χ0n) is 15.5. The van der Waals surface area contributed by atoms with E-state index in [-0.39, 0.29) is 23.6 Å². The molecule has 1 aliphatic rings. The number of para-hydroxylation sites is 1. The Hall–Kier alpha value is -3.15. The maximum atomic E-state index is 13.4. The molecule has 0 N–H and O–H groups in total. The molecule has 1 aliphatic heterocycles. The van der Waals surface area contributed by atoms with Crippen molar-refractivity contribution in [3.8, 4) is 0 Å². The third-order valence-corrected chi connectivity index (χ3v) is 5.97. The zero-order valence-corrected chi connectivity index (χ0v) is 17.0. The minimum absolute atomic E-state index is 0.0591. The number of aromatic nitrogens is 1. The van der Waals surface area contributed by atoms with Gasteiger partial charge in [0.2, 0.25) is 5.76 Å². The van der Waals surface area contributed by atoms with E-state index in [1.54, 1.807) is 59.8 Å². The van der Waals surface area contributed by atoms with Crippen molar-refractivity contribution in [1.29, 1.82) is 0 Å². The molecule has 1 amide bonds. The van der Waals surface area contributed by atoms with Gasteiger partial charge in [0.1, 0.15) is 5.58 Å². The van der Waals surface area contributed by atoms with E-state index in [2.05, 4.69) is 4.98 Å². The lowest BCUT2D eigenvalue weighted by Gasteiger charge is -2.25. The predicted octanol–water partition coefficient (Wildman–Crippen LogP) is 5.24. The molecule has 0 saturated heterocycles. The van der Waals surface area contributed by atoms with Crippen LogP contribution in [0.1, 0.15) is 33.3 Å². The summed E-state index contributed by atoms with van der Waals surface area (Å²) in [5.74, 6) is -0.287. The summed E-state index contributed by atoms with van der Waals surface area (Å²) in [6, 6.07) is 15.1. The van der Waals surface area contributed by atoms with Gasteiger partial charge in [-0.25, -0.2) is 0 Å². The Morgan fingerprint density at radius 1 is 0.967 bits per heavy atom. The van der Waals surface area contributed by atoms with Gasteiger partial charge in [-0.3, -0.25) is 14.6 Å². The van der Waals surface area contributed by atoms with Gasteiger partial charge in [-0.1, -0.05) is 41.4 Å². The van der Waals surface area contributed by atoms with Crippen LogP contribution in [0.25, 0.3) is 11.0 Å². The lowest BCUT2D eigenvalue weighted by molar-refractivity contribution is 0.0714. The normalized spacial score (nSPS) is 15.6. The molecule has 5 nitrogen and oxygen atoms in total. The molecule has 0 aliphatic carbocycles. The standard InChI is InChI=1S/C23H14Cl2N2O3/c24-16-6-5-14(11-17(16)25)20-19-21(28)15-3-1-2-4-18(15)30-22(19)23(29)27(20)12-13-7-9-26-10-8-13/h1-11,20H,12H2. The van der Waals surface area contributed by atoms with Crippen LogP contribution >= 0.6 is 23.2 Å². The van der Waals surface area contributed by atoms with Crippen LogP contribution in [0.4, 0.5) is 0 Å². The van der Waals surface area contributed by atoms with Gasteiger partial charge in [0, 0.05) is 18.9 Å². The molecule has 5 rings (SSSR count). The van der Waals surface area contributed by atoms with Crippen molar-refractivity contribution in [2.75, 3.05) is 0 Å². The monoisotopic (exact) mass is 436 g/mol. The number of pyridine rings is 1. The van der Waals surface area contributed by atoms with E-state index in [0.29, 0.717) is 32.1 Å². The van der Waals surface area contributed by atoms with E-state index in [9.17, 15) is 9.59 Å². The van der Waals surface area contributed by atoms with E-state index in [1.165, 1.54) is 0 Å². The molecule has 3 heterocycles. The highest BCUT2D eigenvalue weighted by Crippen LogP contribution is 2.40. The summed E-state index contributed by atoms with van der Waals surface area (Å²) in [5, 5.41) is 1.18. The second kappa shape index (κ2) is 7.27.